The Balaban J connectivity index is 1.17. The number of rotatable bonds is 6. The molecular formula is C53H35NS. The molecule has 10 aromatic rings. The van der Waals surface area contributed by atoms with Crippen LogP contribution in [0.15, 0.2) is 212 Å². The molecule has 1 aliphatic carbocycles. The molecule has 0 amide bonds. The Hall–Kier alpha value is -6.74. The molecule has 9 aromatic carbocycles. The molecule has 1 aliphatic rings. The SMILES string of the molecule is c1ccc(-c2ccc(N(c3cccc(C4(c5ccccc5)c5ccccc5-c5ccccc54)c3)c3cccc4c3ccc3c5ccccc5sc43)cc2)cc1. The molecule has 0 atom stereocenters. The molecule has 258 valence electrons. The van der Waals surface area contributed by atoms with E-state index in [0.717, 1.165) is 17.1 Å². The van der Waals surface area contributed by atoms with Crippen LogP contribution in [0.1, 0.15) is 22.3 Å². The van der Waals surface area contributed by atoms with Gasteiger partial charge in [-0.1, -0.05) is 176 Å². The Kier molecular flexibility index (Phi) is 7.33. The van der Waals surface area contributed by atoms with E-state index in [0.29, 0.717) is 0 Å². The summed E-state index contributed by atoms with van der Waals surface area (Å²) in [6.45, 7) is 0. The van der Waals surface area contributed by atoms with Gasteiger partial charge in [0, 0.05) is 42.3 Å². The van der Waals surface area contributed by atoms with Crippen LogP contribution in [-0.4, -0.2) is 0 Å². The summed E-state index contributed by atoms with van der Waals surface area (Å²) in [4.78, 5) is 2.46. The summed E-state index contributed by atoms with van der Waals surface area (Å²) in [5, 5.41) is 5.14. The minimum absolute atomic E-state index is 0.491. The monoisotopic (exact) mass is 717 g/mol. The van der Waals surface area contributed by atoms with Crippen molar-refractivity contribution in [2.75, 3.05) is 4.90 Å². The molecule has 55 heavy (non-hydrogen) atoms. The fraction of sp³-hybridized carbons (Fsp3) is 0.0189. The van der Waals surface area contributed by atoms with Crippen molar-refractivity contribution >= 4 is 59.3 Å². The lowest BCUT2D eigenvalue weighted by Gasteiger charge is -2.35. The highest BCUT2D eigenvalue weighted by atomic mass is 32.1. The molecule has 0 N–H and O–H groups in total. The Labute approximate surface area is 325 Å². The Morgan fingerprint density at radius 1 is 0.364 bits per heavy atom. The highest BCUT2D eigenvalue weighted by Crippen LogP contribution is 2.56. The predicted octanol–water partition coefficient (Wildman–Crippen LogP) is 14.7. The first-order chi connectivity index (χ1) is 27.3. The van der Waals surface area contributed by atoms with E-state index >= 15 is 0 Å². The van der Waals surface area contributed by atoms with Crippen molar-refractivity contribution in [1.82, 2.24) is 0 Å². The van der Waals surface area contributed by atoms with Gasteiger partial charge in [-0.25, -0.2) is 0 Å². The van der Waals surface area contributed by atoms with E-state index in [1.165, 1.54) is 75.5 Å². The molecule has 2 heteroatoms. The normalized spacial score (nSPS) is 12.9. The van der Waals surface area contributed by atoms with E-state index in [4.69, 9.17) is 0 Å². The van der Waals surface area contributed by atoms with Crippen molar-refractivity contribution in [3.8, 4) is 22.3 Å². The molecule has 1 aromatic heterocycles. The van der Waals surface area contributed by atoms with E-state index in [9.17, 15) is 0 Å². The molecule has 0 unspecified atom stereocenters. The van der Waals surface area contributed by atoms with Crippen LogP contribution in [0.3, 0.4) is 0 Å². The smallest absolute Gasteiger partial charge is 0.0714 e. The minimum Gasteiger partial charge on any atom is -0.310 e. The van der Waals surface area contributed by atoms with Gasteiger partial charge >= 0.3 is 0 Å². The van der Waals surface area contributed by atoms with Crippen LogP contribution >= 0.6 is 11.3 Å². The quantitative estimate of drug-likeness (QED) is 0.166. The van der Waals surface area contributed by atoms with E-state index in [1.807, 2.05) is 11.3 Å². The highest BCUT2D eigenvalue weighted by Gasteiger charge is 2.46. The Morgan fingerprint density at radius 2 is 0.927 bits per heavy atom. The zero-order chi connectivity index (χ0) is 36.3. The van der Waals surface area contributed by atoms with Gasteiger partial charge in [-0.15, -0.1) is 11.3 Å². The first kappa shape index (κ1) is 31.8. The second-order valence-electron chi connectivity index (χ2n) is 14.4. The van der Waals surface area contributed by atoms with Crippen molar-refractivity contribution in [2.24, 2.45) is 0 Å². The van der Waals surface area contributed by atoms with Gasteiger partial charge in [0.05, 0.1) is 11.1 Å². The number of anilines is 3. The van der Waals surface area contributed by atoms with Crippen LogP contribution in [0.2, 0.25) is 0 Å². The minimum atomic E-state index is -0.491. The van der Waals surface area contributed by atoms with Gasteiger partial charge in [0.25, 0.3) is 0 Å². The van der Waals surface area contributed by atoms with E-state index in [-0.39, 0.29) is 0 Å². The van der Waals surface area contributed by atoms with Crippen LogP contribution < -0.4 is 4.90 Å². The van der Waals surface area contributed by atoms with Crippen LogP contribution in [0.4, 0.5) is 17.1 Å². The van der Waals surface area contributed by atoms with Gasteiger partial charge in [0.2, 0.25) is 0 Å². The molecular weight excluding hydrogens is 683 g/mol. The standard InChI is InChI=1S/C53H35NS/c1-3-15-36(16-4-1)37-29-31-40(32-30-37)54(50-27-14-24-46-44(50)33-34-47-45-23-9-12-28-51(45)55-52(46)47)41-20-13-19-39(35-41)53(38-17-5-2-6-18-38)48-25-10-7-21-42(48)43-22-8-11-26-49(43)53/h1-35H. The van der Waals surface area contributed by atoms with Crippen molar-refractivity contribution in [3.63, 3.8) is 0 Å². The third-order valence-corrected chi connectivity index (χ3v) is 12.8. The molecule has 0 bridgehead atoms. The molecule has 0 aliphatic heterocycles. The topological polar surface area (TPSA) is 3.24 Å². The van der Waals surface area contributed by atoms with Crippen LogP contribution in [-0.2, 0) is 5.41 Å². The van der Waals surface area contributed by atoms with Gasteiger partial charge in [-0.05, 0) is 80.9 Å². The number of benzene rings is 9. The predicted molar refractivity (Wildman–Crippen MR) is 234 cm³/mol. The highest BCUT2D eigenvalue weighted by molar-refractivity contribution is 7.26. The largest absolute Gasteiger partial charge is 0.310 e. The number of hydrogen-bond acceptors (Lipinski definition) is 2. The van der Waals surface area contributed by atoms with E-state index in [2.05, 4.69) is 217 Å². The molecule has 11 rings (SSSR count). The van der Waals surface area contributed by atoms with Gasteiger partial charge in [0.15, 0.2) is 0 Å². The number of fused-ring (bicyclic) bond motifs is 8. The van der Waals surface area contributed by atoms with Crippen LogP contribution in [0.5, 0.6) is 0 Å². The van der Waals surface area contributed by atoms with Crippen LogP contribution in [0.25, 0.3) is 53.2 Å². The van der Waals surface area contributed by atoms with E-state index in [1.54, 1.807) is 0 Å². The van der Waals surface area contributed by atoms with Crippen molar-refractivity contribution in [2.45, 2.75) is 5.41 Å². The summed E-state index contributed by atoms with van der Waals surface area (Å²) in [7, 11) is 0. The molecule has 0 spiro atoms. The maximum atomic E-state index is 2.46. The zero-order valence-corrected chi connectivity index (χ0v) is 30.9. The van der Waals surface area contributed by atoms with E-state index < -0.39 is 5.41 Å². The lowest BCUT2D eigenvalue weighted by atomic mass is 9.67. The molecule has 0 fully saturated rings. The van der Waals surface area contributed by atoms with Gasteiger partial charge in [-0.3, -0.25) is 0 Å². The lowest BCUT2D eigenvalue weighted by molar-refractivity contribution is 0.768. The Morgan fingerprint density at radius 3 is 1.69 bits per heavy atom. The summed E-state index contributed by atoms with van der Waals surface area (Å²) >= 11 is 1.89. The summed E-state index contributed by atoms with van der Waals surface area (Å²) in [5.74, 6) is 0. The summed E-state index contributed by atoms with van der Waals surface area (Å²) in [6.07, 6.45) is 0. The summed E-state index contributed by atoms with van der Waals surface area (Å²) < 4.78 is 2.65. The zero-order valence-electron chi connectivity index (χ0n) is 30.1. The average Bonchev–Trinajstić information content (AvgIpc) is 3.79. The molecule has 1 nitrogen and oxygen atoms in total. The maximum Gasteiger partial charge on any atom is 0.0714 e. The number of nitrogens with zero attached hydrogens (tertiary/aromatic N) is 1. The fourth-order valence-electron chi connectivity index (χ4n) is 9.17. The molecule has 0 saturated carbocycles. The lowest BCUT2D eigenvalue weighted by Crippen LogP contribution is -2.28. The molecule has 0 radical (unpaired) electrons. The number of thiophene rings is 1. The summed E-state index contributed by atoms with van der Waals surface area (Å²) in [5.41, 5.74) is 13.0. The van der Waals surface area contributed by atoms with Gasteiger partial charge in [-0.2, -0.15) is 0 Å². The van der Waals surface area contributed by atoms with Crippen molar-refractivity contribution in [1.29, 1.82) is 0 Å². The molecule has 0 saturated heterocycles. The fourth-order valence-corrected chi connectivity index (χ4v) is 10.4. The third kappa shape index (κ3) is 4.85. The van der Waals surface area contributed by atoms with Gasteiger partial charge < -0.3 is 4.90 Å². The first-order valence-electron chi connectivity index (χ1n) is 18.9. The van der Waals surface area contributed by atoms with Crippen LogP contribution in [0, 0.1) is 0 Å². The third-order valence-electron chi connectivity index (χ3n) is 11.5. The summed E-state index contributed by atoms with van der Waals surface area (Å²) in [6, 6.07) is 78.2. The number of hydrogen-bond donors (Lipinski definition) is 0. The van der Waals surface area contributed by atoms with Crippen molar-refractivity contribution < 1.29 is 0 Å². The average molecular weight is 718 g/mol. The van der Waals surface area contributed by atoms with Crippen molar-refractivity contribution in [3.05, 3.63) is 235 Å². The second kappa shape index (κ2) is 12.7. The maximum absolute atomic E-state index is 2.46. The first-order valence-corrected chi connectivity index (χ1v) is 19.7. The molecule has 1 heterocycles. The van der Waals surface area contributed by atoms with Gasteiger partial charge in [0.1, 0.15) is 0 Å². The Bertz CT molecular complexity index is 2990. The second-order valence-corrected chi connectivity index (χ2v) is 15.5.